The Morgan fingerprint density at radius 2 is 1.74 bits per heavy atom. The van der Waals surface area contributed by atoms with E-state index in [4.69, 9.17) is 14.2 Å². The van der Waals surface area contributed by atoms with E-state index in [9.17, 15) is 14.7 Å². The molecule has 2 aromatic rings. The monoisotopic (exact) mass is 425 g/mol. The number of hydrogen-bond acceptors (Lipinski definition) is 6. The van der Waals surface area contributed by atoms with Crippen LogP contribution in [0.2, 0.25) is 0 Å². The first-order chi connectivity index (χ1) is 14.9. The van der Waals surface area contributed by atoms with Crippen molar-refractivity contribution in [3.63, 3.8) is 0 Å². The first-order valence-electron chi connectivity index (χ1n) is 9.99. The number of aryl methyl sites for hydroxylation is 1. The van der Waals surface area contributed by atoms with Crippen molar-refractivity contribution in [3.05, 3.63) is 64.7 Å². The molecule has 3 rings (SSSR count). The highest BCUT2D eigenvalue weighted by molar-refractivity contribution is 6.46. The molecule has 1 aliphatic heterocycles. The van der Waals surface area contributed by atoms with E-state index in [1.807, 2.05) is 31.2 Å². The Morgan fingerprint density at radius 1 is 1.03 bits per heavy atom. The molecule has 0 aromatic heterocycles. The van der Waals surface area contributed by atoms with Gasteiger partial charge in [0.25, 0.3) is 11.7 Å². The van der Waals surface area contributed by atoms with Crippen LogP contribution < -0.4 is 9.47 Å². The van der Waals surface area contributed by atoms with Gasteiger partial charge in [-0.2, -0.15) is 0 Å². The Kier molecular flexibility index (Phi) is 6.97. The summed E-state index contributed by atoms with van der Waals surface area (Å²) in [6, 6.07) is 11.7. The van der Waals surface area contributed by atoms with Gasteiger partial charge in [0, 0.05) is 25.8 Å². The fourth-order valence-corrected chi connectivity index (χ4v) is 3.85. The molecule has 1 heterocycles. The van der Waals surface area contributed by atoms with Gasteiger partial charge in [0.05, 0.1) is 25.8 Å². The van der Waals surface area contributed by atoms with Gasteiger partial charge in [0.2, 0.25) is 0 Å². The Labute approximate surface area is 181 Å². The standard InChI is InChI=1S/C24H27NO6/c1-15-8-5-6-9-17(15)21-20(23(27)24(28)25(21)12-7-13-29-2)22(26)16-10-11-18(30-3)19(14-16)31-4/h5-6,8-11,14,21,26H,7,12-13H2,1-4H3/b22-20+. The smallest absolute Gasteiger partial charge is 0.295 e. The summed E-state index contributed by atoms with van der Waals surface area (Å²) in [4.78, 5) is 27.5. The summed E-state index contributed by atoms with van der Waals surface area (Å²) in [6.45, 7) is 2.71. The van der Waals surface area contributed by atoms with E-state index in [1.54, 1.807) is 25.3 Å². The average Bonchev–Trinajstić information content (AvgIpc) is 3.03. The molecule has 31 heavy (non-hydrogen) atoms. The van der Waals surface area contributed by atoms with Gasteiger partial charge in [-0.25, -0.2) is 0 Å². The Balaban J connectivity index is 2.16. The van der Waals surface area contributed by atoms with Crippen LogP contribution in [-0.4, -0.2) is 56.2 Å². The van der Waals surface area contributed by atoms with E-state index in [1.165, 1.54) is 19.1 Å². The molecular weight excluding hydrogens is 398 g/mol. The molecule has 0 radical (unpaired) electrons. The number of aliphatic hydroxyl groups excluding tert-OH is 1. The number of methoxy groups -OCH3 is 3. The van der Waals surface area contributed by atoms with Crippen molar-refractivity contribution >= 4 is 17.4 Å². The second-order valence-electron chi connectivity index (χ2n) is 7.27. The van der Waals surface area contributed by atoms with Crippen LogP contribution in [0.1, 0.15) is 29.2 Å². The normalized spacial score (nSPS) is 17.8. The molecule has 7 heteroatoms. The van der Waals surface area contributed by atoms with Gasteiger partial charge in [-0.3, -0.25) is 9.59 Å². The molecule has 0 saturated carbocycles. The highest BCUT2D eigenvalue weighted by Crippen LogP contribution is 2.41. The number of ether oxygens (including phenoxy) is 3. The molecule has 0 aliphatic carbocycles. The van der Waals surface area contributed by atoms with Crippen molar-refractivity contribution in [2.45, 2.75) is 19.4 Å². The summed E-state index contributed by atoms with van der Waals surface area (Å²) in [5, 5.41) is 11.2. The van der Waals surface area contributed by atoms with Gasteiger partial charge in [-0.1, -0.05) is 24.3 Å². The molecule has 1 unspecified atom stereocenters. The molecule has 1 amide bonds. The number of nitrogens with zero attached hydrogens (tertiary/aromatic N) is 1. The van der Waals surface area contributed by atoms with Crippen LogP contribution in [0.4, 0.5) is 0 Å². The Morgan fingerprint density at radius 3 is 2.39 bits per heavy atom. The van der Waals surface area contributed by atoms with Gasteiger partial charge in [-0.05, 0) is 42.7 Å². The highest BCUT2D eigenvalue weighted by atomic mass is 16.5. The van der Waals surface area contributed by atoms with Gasteiger partial charge in [0.15, 0.2) is 11.5 Å². The maximum Gasteiger partial charge on any atom is 0.295 e. The number of carbonyl (C=O) groups excluding carboxylic acids is 2. The number of amides is 1. The molecule has 7 nitrogen and oxygen atoms in total. The summed E-state index contributed by atoms with van der Waals surface area (Å²) in [5.41, 5.74) is 2.14. The lowest BCUT2D eigenvalue weighted by molar-refractivity contribution is -0.140. The fourth-order valence-electron chi connectivity index (χ4n) is 3.85. The number of rotatable bonds is 8. The molecular formula is C24H27NO6. The maximum atomic E-state index is 13.0. The number of benzene rings is 2. The molecule has 164 valence electrons. The van der Waals surface area contributed by atoms with Crippen LogP contribution in [0.3, 0.4) is 0 Å². The zero-order chi connectivity index (χ0) is 22.5. The SMILES string of the molecule is COCCCN1C(=O)C(=O)/C(=C(/O)c2ccc(OC)c(OC)c2)C1c1ccccc1C. The molecule has 1 atom stereocenters. The Hall–Kier alpha value is -3.32. The van der Waals surface area contributed by atoms with Gasteiger partial charge >= 0.3 is 0 Å². The molecule has 1 fully saturated rings. The zero-order valence-corrected chi connectivity index (χ0v) is 18.2. The first-order valence-corrected chi connectivity index (χ1v) is 9.99. The van der Waals surface area contributed by atoms with Crippen LogP contribution >= 0.6 is 0 Å². The molecule has 1 aliphatic rings. The van der Waals surface area contributed by atoms with Crippen molar-refractivity contribution in [1.29, 1.82) is 0 Å². The van der Waals surface area contributed by atoms with Crippen LogP contribution in [0, 0.1) is 6.92 Å². The second-order valence-corrected chi connectivity index (χ2v) is 7.27. The van der Waals surface area contributed by atoms with Crippen molar-refractivity contribution in [3.8, 4) is 11.5 Å². The predicted octanol–water partition coefficient (Wildman–Crippen LogP) is 3.47. The summed E-state index contributed by atoms with van der Waals surface area (Å²) in [7, 11) is 4.59. The quantitative estimate of drug-likeness (QED) is 0.302. The maximum absolute atomic E-state index is 13.0. The predicted molar refractivity (Wildman–Crippen MR) is 116 cm³/mol. The second kappa shape index (κ2) is 9.66. The van der Waals surface area contributed by atoms with Crippen LogP contribution in [0.25, 0.3) is 5.76 Å². The molecule has 2 aromatic carbocycles. The lowest BCUT2D eigenvalue weighted by atomic mass is 9.92. The third kappa shape index (κ3) is 4.27. The topological polar surface area (TPSA) is 85.3 Å². The number of aliphatic hydroxyl groups is 1. The third-order valence-corrected chi connectivity index (χ3v) is 5.43. The van der Waals surface area contributed by atoms with Gasteiger partial charge < -0.3 is 24.2 Å². The van der Waals surface area contributed by atoms with Gasteiger partial charge in [-0.15, -0.1) is 0 Å². The largest absolute Gasteiger partial charge is 0.507 e. The van der Waals surface area contributed by atoms with E-state index in [2.05, 4.69) is 0 Å². The summed E-state index contributed by atoms with van der Waals surface area (Å²) < 4.78 is 15.7. The molecule has 1 N–H and O–H groups in total. The van der Waals surface area contributed by atoms with Crippen LogP contribution in [-0.2, 0) is 14.3 Å². The lowest BCUT2D eigenvalue weighted by Gasteiger charge is -2.26. The summed E-state index contributed by atoms with van der Waals surface area (Å²) in [5.74, 6) is -0.686. The number of carbonyl (C=O) groups is 2. The molecule has 0 bridgehead atoms. The van der Waals surface area contributed by atoms with Crippen molar-refractivity contribution in [2.75, 3.05) is 34.5 Å². The number of hydrogen-bond donors (Lipinski definition) is 1. The minimum Gasteiger partial charge on any atom is -0.507 e. The average molecular weight is 425 g/mol. The van der Waals surface area contributed by atoms with Gasteiger partial charge in [0.1, 0.15) is 5.76 Å². The molecule has 0 spiro atoms. The molecule has 1 saturated heterocycles. The van der Waals surface area contributed by atoms with E-state index >= 15 is 0 Å². The number of Topliss-reactive ketones (excluding diaryl/α,β-unsaturated/α-hetero) is 1. The van der Waals surface area contributed by atoms with Crippen molar-refractivity contribution in [1.82, 2.24) is 4.90 Å². The van der Waals surface area contributed by atoms with Crippen molar-refractivity contribution < 1.29 is 28.9 Å². The summed E-state index contributed by atoms with van der Waals surface area (Å²) in [6.07, 6.45) is 0.572. The summed E-state index contributed by atoms with van der Waals surface area (Å²) >= 11 is 0. The fraction of sp³-hybridized carbons (Fsp3) is 0.333. The highest BCUT2D eigenvalue weighted by Gasteiger charge is 2.46. The third-order valence-electron chi connectivity index (χ3n) is 5.43. The van der Waals surface area contributed by atoms with E-state index in [-0.39, 0.29) is 11.3 Å². The van der Waals surface area contributed by atoms with E-state index in [0.29, 0.717) is 36.6 Å². The minimum absolute atomic E-state index is 0.0592. The lowest BCUT2D eigenvalue weighted by Crippen LogP contribution is -2.31. The number of likely N-dealkylation sites (tertiary alicyclic amines) is 1. The van der Waals surface area contributed by atoms with E-state index in [0.717, 1.165) is 11.1 Å². The van der Waals surface area contributed by atoms with Crippen LogP contribution in [0.5, 0.6) is 11.5 Å². The minimum atomic E-state index is -0.710. The first kappa shape index (κ1) is 22.4. The van der Waals surface area contributed by atoms with E-state index < -0.39 is 17.7 Å². The zero-order valence-electron chi connectivity index (χ0n) is 18.2. The Bertz CT molecular complexity index is 1010. The number of ketones is 1. The van der Waals surface area contributed by atoms with Crippen LogP contribution in [0.15, 0.2) is 48.0 Å². The van der Waals surface area contributed by atoms with Crippen molar-refractivity contribution in [2.24, 2.45) is 0 Å².